The van der Waals surface area contributed by atoms with E-state index in [1.54, 1.807) is 0 Å². The van der Waals surface area contributed by atoms with Gasteiger partial charge in [0.1, 0.15) is 11.5 Å². The third-order valence-corrected chi connectivity index (χ3v) is 3.92. The van der Waals surface area contributed by atoms with Crippen molar-refractivity contribution in [1.82, 2.24) is 10.6 Å². The Hall–Kier alpha value is -2.34. The van der Waals surface area contributed by atoms with Crippen molar-refractivity contribution >= 4 is 5.90 Å². The molecule has 2 heterocycles. The smallest absolute Gasteiger partial charge is 0.208 e. The molecule has 6 nitrogen and oxygen atoms in total. The molecule has 24 heavy (non-hydrogen) atoms. The number of hydroxylamine groups is 1. The van der Waals surface area contributed by atoms with Crippen molar-refractivity contribution in [3.63, 3.8) is 0 Å². The molecule has 0 radical (unpaired) electrons. The number of nitrogens with one attached hydrogen (secondary N) is 1. The van der Waals surface area contributed by atoms with Gasteiger partial charge in [0.25, 0.3) is 0 Å². The highest BCUT2D eigenvalue weighted by molar-refractivity contribution is 5.74. The summed E-state index contributed by atoms with van der Waals surface area (Å²) in [6, 6.07) is 6.14. The molecule has 1 aliphatic heterocycles. The number of aryl methyl sites for hydroxylation is 4. The third kappa shape index (κ3) is 3.76. The Morgan fingerprint density at radius 2 is 1.88 bits per heavy atom. The molecule has 1 N–H and O–H groups in total. The van der Waals surface area contributed by atoms with E-state index in [9.17, 15) is 0 Å². The van der Waals surface area contributed by atoms with Crippen molar-refractivity contribution in [2.75, 3.05) is 6.61 Å². The zero-order chi connectivity index (χ0) is 17.1. The molecule has 0 saturated heterocycles. The van der Waals surface area contributed by atoms with Gasteiger partial charge in [-0.05, 0) is 56.0 Å². The highest BCUT2D eigenvalue weighted by Crippen LogP contribution is 2.29. The molecular weight excluding hydrogens is 306 g/mol. The topological polar surface area (TPSA) is 68.9 Å². The Morgan fingerprint density at radius 1 is 1.12 bits per heavy atom. The van der Waals surface area contributed by atoms with Crippen LogP contribution in [-0.4, -0.2) is 17.7 Å². The van der Waals surface area contributed by atoms with Gasteiger partial charge in [0, 0.05) is 19.4 Å². The van der Waals surface area contributed by atoms with Crippen LogP contribution in [0.2, 0.25) is 0 Å². The van der Waals surface area contributed by atoms with Gasteiger partial charge in [-0.3, -0.25) is 0 Å². The number of aromatic nitrogens is 1. The number of ether oxygens (including phenoxy) is 1. The largest absolute Gasteiger partial charge is 0.493 e. The Balaban J connectivity index is 1.59. The van der Waals surface area contributed by atoms with Crippen LogP contribution in [0, 0.1) is 20.8 Å². The monoisotopic (exact) mass is 329 g/mol. The van der Waals surface area contributed by atoms with E-state index in [1.807, 2.05) is 19.9 Å². The fourth-order valence-corrected chi connectivity index (χ4v) is 2.84. The second-order valence-electron chi connectivity index (χ2n) is 6.14. The Morgan fingerprint density at radius 3 is 2.46 bits per heavy atom. The summed E-state index contributed by atoms with van der Waals surface area (Å²) >= 11 is 0. The van der Waals surface area contributed by atoms with Crippen molar-refractivity contribution in [3.05, 3.63) is 46.3 Å². The van der Waals surface area contributed by atoms with Gasteiger partial charge in [0.2, 0.25) is 5.90 Å². The van der Waals surface area contributed by atoms with Crippen LogP contribution in [0.25, 0.3) is 0 Å². The molecule has 0 amide bonds. The number of hydrogen-bond acceptors (Lipinski definition) is 6. The van der Waals surface area contributed by atoms with Gasteiger partial charge >= 0.3 is 0 Å². The van der Waals surface area contributed by atoms with Gasteiger partial charge in [-0.25, -0.2) is 4.99 Å². The molecule has 1 aromatic heterocycles. The number of nitrogens with zero attached hydrogens (tertiary/aromatic N) is 2. The molecule has 1 unspecified atom stereocenters. The normalized spacial score (nSPS) is 16.8. The predicted octanol–water partition coefficient (Wildman–Crippen LogP) is 3.56. The first-order valence-electron chi connectivity index (χ1n) is 8.16. The molecular formula is C18H23N3O3. The summed E-state index contributed by atoms with van der Waals surface area (Å²) in [5.74, 6) is 2.49. The molecule has 1 atom stereocenters. The first-order chi connectivity index (χ1) is 11.5. The highest BCUT2D eigenvalue weighted by atomic mass is 16.7. The van der Waals surface area contributed by atoms with Crippen LogP contribution in [0.1, 0.15) is 47.7 Å². The molecule has 0 saturated carbocycles. The van der Waals surface area contributed by atoms with Crippen LogP contribution in [-0.2, 0) is 11.3 Å². The summed E-state index contributed by atoms with van der Waals surface area (Å²) in [5.41, 5.74) is 7.09. The van der Waals surface area contributed by atoms with Gasteiger partial charge in [-0.2, -0.15) is 0 Å². The minimum absolute atomic E-state index is 0.147. The quantitative estimate of drug-likeness (QED) is 0.821. The number of hydrogen-bond donors (Lipinski definition) is 1. The van der Waals surface area contributed by atoms with Crippen LogP contribution in [0.15, 0.2) is 27.7 Å². The fraction of sp³-hybridized carbons (Fsp3) is 0.444. The van der Waals surface area contributed by atoms with E-state index >= 15 is 0 Å². The number of rotatable bonds is 6. The molecule has 0 spiro atoms. The van der Waals surface area contributed by atoms with E-state index in [0.29, 0.717) is 12.5 Å². The maximum absolute atomic E-state index is 5.99. The predicted molar refractivity (Wildman–Crippen MR) is 91.0 cm³/mol. The molecule has 6 heteroatoms. The van der Waals surface area contributed by atoms with Crippen LogP contribution in [0.5, 0.6) is 5.75 Å². The first kappa shape index (κ1) is 16.5. The fourth-order valence-electron chi connectivity index (χ4n) is 2.84. The van der Waals surface area contributed by atoms with Gasteiger partial charge in [-0.15, -0.1) is 5.48 Å². The lowest BCUT2D eigenvalue weighted by atomic mass is 10.0. The second-order valence-corrected chi connectivity index (χ2v) is 6.14. The SMILES string of the molecule is CC1=NC(c2cc(C)c(OCCCc3cc(C)no3)c(C)c2)NO1. The lowest BCUT2D eigenvalue weighted by Crippen LogP contribution is -2.14. The average Bonchev–Trinajstić information content (AvgIpc) is 3.14. The average molecular weight is 329 g/mol. The van der Waals surface area contributed by atoms with E-state index in [0.717, 1.165) is 46.7 Å². The van der Waals surface area contributed by atoms with Crippen LogP contribution in [0.3, 0.4) is 0 Å². The van der Waals surface area contributed by atoms with E-state index in [1.165, 1.54) is 0 Å². The van der Waals surface area contributed by atoms with Gasteiger partial charge in [0.15, 0.2) is 6.17 Å². The molecule has 2 aromatic rings. The summed E-state index contributed by atoms with van der Waals surface area (Å²) in [7, 11) is 0. The van der Waals surface area contributed by atoms with Crippen molar-refractivity contribution in [2.45, 2.75) is 46.7 Å². The van der Waals surface area contributed by atoms with Crippen LogP contribution < -0.4 is 10.2 Å². The minimum Gasteiger partial charge on any atom is -0.493 e. The van der Waals surface area contributed by atoms with Crippen molar-refractivity contribution in [1.29, 1.82) is 0 Å². The van der Waals surface area contributed by atoms with Crippen LogP contribution >= 0.6 is 0 Å². The van der Waals surface area contributed by atoms with Gasteiger partial charge in [-0.1, -0.05) is 5.16 Å². The molecule has 0 fully saturated rings. The van der Waals surface area contributed by atoms with Crippen molar-refractivity contribution < 1.29 is 14.1 Å². The lowest BCUT2D eigenvalue weighted by molar-refractivity contribution is 0.178. The summed E-state index contributed by atoms with van der Waals surface area (Å²) < 4.78 is 11.2. The molecule has 128 valence electrons. The minimum atomic E-state index is -0.147. The molecule has 3 rings (SSSR count). The van der Waals surface area contributed by atoms with Crippen LogP contribution in [0.4, 0.5) is 0 Å². The third-order valence-electron chi connectivity index (χ3n) is 3.92. The second kappa shape index (κ2) is 7.05. The summed E-state index contributed by atoms with van der Waals surface area (Å²) in [6.07, 6.45) is 1.57. The Bertz CT molecular complexity index is 729. The summed E-state index contributed by atoms with van der Waals surface area (Å²) in [5, 5.41) is 3.89. The molecule has 0 aliphatic carbocycles. The number of aliphatic imine (C=N–C) groups is 1. The molecule has 1 aromatic carbocycles. The molecule has 1 aliphatic rings. The Labute approximate surface area is 141 Å². The number of benzene rings is 1. The Kier molecular flexibility index (Phi) is 4.85. The highest BCUT2D eigenvalue weighted by Gasteiger charge is 2.19. The first-order valence-corrected chi connectivity index (χ1v) is 8.16. The van der Waals surface area contributed by atoms with Crippen molar-refractivity contribution in [2.24, 2.45) is 4.99 Å². The zero-order valence-electron chi connectivity index (χ0n) is 14.5. The lowest BCUT2D eigenvalue weighted by Gasteiger charge is -2.15. The molecule has 0 bridgehead atoms. The summed E-state index contributed by atoms with van der Waals surface area (Å²) in [6.45, 7) is 8.51. The van der Waals surface area contributed by atoms with Gasteiger partial charge in [0.05, 0.1) is 12.3 Å². The summed E-state index contributed by atoms with van der Waals surface area (Å²) in [4.78, 5) is 9.62. The van der Waals surface area contributed by atoms with E-state index < -0.39 is 0 Å². The van der Waals surface area contributed by atoms with E-state index in [4.69, 9.17) is 14.1 Å². The standard InChI is InChI=1S/C18H23N3O3/c1-11-8-15(18-19-14(4)23-21-18)9-12(2)17(11)22-7-5-6-16-10-13(3)20-24-16/h8-10,18,21H,5-7H2,1-4H3. The van der Waals surface area contributed by atoms with Gasteiger partial charge < -0.3 is 14.1 Å². The van der Waals surface area contributed by atoms with E-state index in [2.05, 4.69) is 41.6 Å². The maximum Gasteiger partial charge on any atom is 0.208 e. The van der Waals surface area contributed by atoms with E-state index in [-0.39, 0.29) is 6.17 Å². The van der Waals surface area contributed by atoms with Crippen molar-refractivity contribution in [3.8, 4) is 5.75 Å². The maximum atomic E-state index is 5.99. The zero-order valence-corrected chi connectivity index (χ0v) is 14.5.